The van der Waals surface area contributed by atoms with Gasteiger partial charge in [-0.3, -0.25) is 4.98 Å². The molecule has 2 heterocycles. The molecule has 5 nitrogen and oxygen atoms in total. The Morgan fingerprint density at radius 2 is 1.76 bits per heavy atom. The Morgan fingerprint density at radius 3 is 2.31 bits per heavy atom. The number of carboxylic acid groups (broad SMARTS) is 1. The summed E-state index contributed by atoms with van der Waals surface area (Å²) in [4.78, 5) is 19.3. The summed E-state index contributed by atoms with van der Waals surface area (Å²) in [6.07, 6.45) is 7.98. The molecule has 1 saturated heterocycles. The van der Waals surface area contributed by atoms with Gasteiger partial charge in [0, 0.05) is 24.3 Å². The van der Waals surface area contributed by atoms with E-state index in [-0.39, 0.29) is 0 Å². The first-order chi connectivity index (χ1) is 13.5. The van der Waals surface area contributed by atoms with Gasteiger partial charge in [-0.25, -0.2) is 4.79 Å². The summed E-state index contributed by atoms with van der Waals surface area (Å²) >= 11 is 3.75. The minimum atomic E-state index is -1.04. The number of aromatic nitrogens is 1. The van der Waals surface area contributed by atoms with Crippen LogP contribution in [0.15, 0.2) is 4.47 Å². The lowest BCUT2D eigenvalue weighted by Crippen LogP contribution is -2.32. The molecule has 1 saturated carbocycles. The lowest BCUT2D eigenvalue weighted by atomic mass is 9.80. The molecule has 0 radical (unpaired) electrons. The average molecular weight is 467 g/mol. The van der Waals surface area contributed by atoms with Crippen molar-refractivity contribution >= 4 is 27.6 Å². The van der Waals surface area contributed by atoms with Gasteiger partial charge in [0.1, 0.15) is 0 Å². The van der Waals surface area contributed by atoms with Crippen LogP contribution in [0.1, 0.15) is 88.8 Å². The fourth-order valence-electron chi connectivity index (χ4n) is 5.04. The highest BCUT2D eigenvalue weighted by Gasteiger charge is 2.41. The van der Waals surface area contributed by atoms with Crippen molar-refractivity contribution in [1.29, 1.82) is 0 Å². The summed E-state index contributed by atoms with van der Waals surface area (Å²) in [5.74, 6) is -0.967. The lowest BCUT2D eigenvalue weighted by Gasteiger charge is -2.33. The number of carboxylic acids is 1. The van der Waals surface area contributed by atoms with Crippen LogP contribution >= 0.6 is 15.9 Å². The molecule has 1 atom stereocenters. The monoisotopic (exact) mass is 466 g/mol. The van der Waals surface area contributed by atoms with Crippen molar-refractivity contribution in [3.05, 3.63) is 21.4 Å². The third-order valence-electron chi connectivity index (χ3n) is 6.38. The molecule has 1 aliphatic heterocycles. The standard InChI is InChI=1S/C23H35BrN2O3/c1-15-17(20(21(27)28)29-22(3,4)5)19(18(24)16(2)25-15)26-13-12-23(14-26)10-8-6-7-9-11-23/h20H,6-14H2,1-5H3,(H,27,28). The second kappa shape index (κ2) is 8.54. The molecule has 3 rings (SSSR count). The summed E-state index contributed by atoms with van der Waals surface area (Å²) in [7, 11) is 0. The van der Waals surface area contributed by atoms with Gasteiger partial charge in [0.25, 0.3) is 0 Å². The first-order valence-electron chi connectivity index (χ1n) is 10.9. The fourth-order valence-corrected chi connectivity index (χ4v) is 5.60. The number of aryl methyl sites for hydroxylation is 2. The average Bonchev–Trinajstić information content (AvgIpc) is 2.87. The molecule has 162 valence electrons. The molecule has 0 amide bonds. The van der Waals surface area contributed by atoms with E-state index in [1.54, 1.807) is 0 Å². The second-order valence-electron chi connectivity index (χ2n) is 9.89. The van der Waals surface area contributed by atoms with E-state index < -0.39 is 17.7 Å². The summed E-state index contributed by atoms with van der Waals surface area (Å²) in [6.45, 7) is 11.5. The Kier molecular flexibility index (Phi) is 6.64. The van der Waals surface area contributed by atoms with Crippen LogP contribution in [0.2, 0.25) is 0 Å². The van der Waals surface area contributed by atoms with E-state index in [4.69, 9.17) is 4.74 Å². The van der Waals surface area contributed by atoms with Crippen molar-refractivity contribution in [1.82, 2.24) is 4.98 Å². The number of nitrogens with zero attached hydrogens (tertiary/aromatic N) is 2. The highest BCUT2D eigenvalue weighted by atomic mass is 79.9. The molecule has 1 spiro atoms. The zero-order valence-corrected chi connectivity index (χ0v) is 20.1. The fraction of sp³-hybridized carbons (Fsp3) is 0.739. The number of halogens is 1. The second-order valence-corrected chi connectivity index (χ2v) is 10.7. The smallest absolute Gasteiger partial charge is 0.337 e. The number of anilines is 1. The molecule has 2 aliphatic rings. The molecule has 29 heavy (non-hydrogen) atoms. The van der Waals surface area contributed by atoms with E-state index in [9.17, 15) is 9.90 Å². The van der Waals surface area contributed by atoms with Crippen LogP contribution in [0, 0.1) is 19.3 Å². The van der Waals surface area contributed by atoms with Gasteiger partial charge in [0.15, 0.2) is 6.10 Å². The maximum absolute atomic E-state index is 12.2. The number of pyridine rings is 1. The van der Waals surface area contributed by atoms with Gasteiger partial charge in [-0.1, -0.05) is 25.7 Å². The highest BCUT2D eigenvalue weighted by molar-refractivity contribution is 9.10. The third-order valence-corrected chi connectivity index (χ3v) is 7.33. The van der Waals surface area contributed by atoms with Crippen LogP contribution in [-0.4, -0.2) is 34.8 Å². The zero-order valence-electron chi connectivity index (χ0n) is 18.5. The van der Waals surface area contributed by atoms with Gasteiger partial charge in [-0.05, 0) is 75.2 Å². The molecule has 0 bridgehead atoms. The number of aliphatic carboxylic acids is 1. The van der Waals surface area contributed by atoms with Crippen molar-refractivity contribution in [3.63, 3.8) is 0 Å². The predicted octanol–water partition coefficient (Wildman–Crippen LogP) is 5.95. The Bertz CT molecular complexity index is 764. The van der Waals surface area contributed by atoms with Crippen molar-refractivity contribution < 1.29 is 14.6 Å². The Morgan fingerprint density at radius 1 is 1.14 bits per heavy atom. The minimum absolute atomic E-state index is 0.363. The molecule has 1 N–H and O–H groups in total. The molecular weight excluding hydrogens is 432 g/mol. The minimum Gasteiger partial charge on any atom is -0.479 e. The van der Waals surface area contributed by atoms with Crippen LogP contribution in [0.25, 0.3) is 0 Å². The molecule has 2 fully saturated rings. The summed E-state index contributed by atoms with van der Waals surface area (Å²) in [6, 6.07) is 0. The van der Waals surface area contributed by atoms with Gasteiger partial charge < -0.3 is 14.7 Å². The van der Waals surface area contributed by atoms with E-state index in [0.29, 0.717) is 11.0 Å². The van der Waals surface area contributed by atoms with E-state index in [1.165, 1.54) is 44.9 Å². The number of hydrogen-bond donors (Lipinski definition) is 1. The summed E-state index contributed by atoms with van der Waals surface area (Å²) < 4.78 is 6.93. The van der Waals surface area contributed by atoms with E-state index in [2.05, 4.69) is 25.8 Å². The first-order valence-corrected chi connectivity index (χ1v) is 11.6. The maximum atomic E-state index is 12.2. The molecule has 1 aromatic heterocycles. The summed E-state index contributed by atoms with van der Waals surface area (Å²) in [5, 5.41) is 10.0. The van der Waals surface area contributed by atoms with Gasteiger partial charge in [-0.15, -0.1) is 0 Å². The van der Waals surface area contributed by atoms with E-state index in [0.717, 1.165) is 34.6 Å². The van der Waals surface area contributed by atoms with Gasteiger partial charge in [0.2, 0.25) is 0 Å². The van der Waals surface area contributed by atoms with Gasteiger partial charge in [-0.2, -0.15) is 0 Å². The van der Waals surface area contributed by atoms with E-state index in [1.807, 2.05) is 34.6 Å². The Hall–Kier alpha value is -1.14. The number of hydrogen-bond acceptors (Lipinski definition) is 4. The molecule has 1 aliphatic carbocycles. The largest absolute Gasteiger partial charge is 0.479 e. The zero-order chi connectivity index (χ0) is 21.4. The highest BCUT2D eigenvalue weighted by Crippen LogP contribution is 2.48. The van der Waals surface area contributed by atoms with Crippen LogP contribution < -0.4 is 4.90 Å². The predicted molar refractivity (Wildman–Crippen MR) is 120 cm³/mol. The van der Waals surface area contributed by atoms with Crippen LogP contribution in [0.5, 0.6) is 0 Å². The van der Waals surface area contributed by atoms with Crippen LogP contribution in [-0.2, 0) is 9.53 Å². The molecular formula is C23H35BrN2O3. The van der Waals surface area contributed by atoms with Crippen LogP contribution in [0.3, 0.4) is 0 Å². The SMILES string of the molecule is Cc1nc(C)c(C(OC(C)(C)C)C(=O)O)c(N2CCC3(CCCCCC3)C2)c1Br. The van der Waals surface area contributed by atoms with Crippen molar-refractivity contribution in [2.45, 2.75) is 91.3 Å². The topological polar surface area (TPSA) is 62.7 Å². The van der Waals surface area contributed by atoms with Crippen LogP contribution in [0.4, 0.5) is 5.69 Å². The first kappa shape index (κ1) is 22.5. The third kappa shape index (κ3) is 4.96. The number of rotatable bonds is 4. The van der Waals surface area contributed by atoms with Crippen molar-refractivity contribution in [2.75, 3.05) is 18.0 Å². The van der Waals surface area contributed by atoms with Crippen molar-refractivity contribution in [3.8, 4) is 0 Å². The van der Waals surface area contributed by atoms with E-state index >= 15 is 0 Å². The van der Waals surface area contributed by atoms with Crippen molar-refractivity contribution in [2.24, 2.45) is 5.41 Å². The number of carbonyl (C=O) groups is 1. The Balaban J connectivity index is 2.05. The van der Waals surface area contributed by atoms with Gasteiger partial charge in [0.05, 0.1) is 21.5 Å². The maximum Gasteiger partial charge on any atom is 0.337 e. The molecule has 0 aromatic carbocycles. The molecule has 1 aromatic rings. The lowest BCUT2D eigenvalue weighted by molar-refractivity contribution is -0.160. The quantitative estimate of drug-likeness (QED) is 0.593. The van der Waals surface area contributed by atoms with Gasteiger partial charge >= 0.3 is 5.97 Å². The summed E-state index contributed by atoms with van der Waals surface area (Å²) in [5.41, 5.74) is 3.07. The Labute approximate surface area is 183 Å². The number of ether oxygens (including phenoxy) is 1. The molecule has 1 unspecified atom stereocenters. The molecule has 6 heteroatoms. The normalized spacial score (nSPS) is 20.7.